The maximum Gasteiger partial charge on any atom is 0.220 e. The van der Waals surface area contributed by atoms with E-state index in [1.165, 1.54) is 0 Å². The molecule has 0 aromatic heterocycles. The van der Waals surface area contributed by atoms with Crippen molar-refractivity contribution in [1.29, 1.82) is 0 Å². The summed E-state index contributed by atoms with van der Waals surface area (Å²) >= 11 is 0. The maximum absolute atomic E-state index is 12.4. The quantitative estimate of drug-likeness (QED) is 0.167. The van der Waals surface area contributed by atoms with Crippen molar-refractivity contribution in [2.24, 2.45) is 11.1 Å². The molecule has 3 N–H and O–H groups in total. The van der Waals surface area contributed by atoms with Crippen LogP contribution in [0.3, 0.4) is 0 Å². The Bertz CT molecular complexity index is 710. The fourth-order valence-corrected chi connectivity index (χ4v) is 3.68. The van der Waals surface area contributed by atoms with Crippen molar-refractivity contribution in [2.75, 3.05) is 39.5 Å². The van der Waals surface area contributed by atoms with E-state index in [1.807, 2.05) is 62.3 Å². The molecule has 0 radical (unpaired) electrons. The fraction of sp³-hybridized carbons (Fsp3) is 0.935. The first kappa shape index (κ1) is 37.9. The van der Waals surface area contributed by atoms with E-state index in [4.69, 9.17) is 24.7 Å². The highest BCUT2D eigenvalue weighted by Crippen LogP contribution is 2.25. The molecule has 0 fully saturated rings. The third-order valence-electron chi connectivity index (χ3n) is 6.90. The van der Waals surface area contributed by atoms with Gasteiger partial charge >= 0.3 is 0 Å². The highest BCUT2D eigenvalue weighted by molar-refractivity contribution is 5.83. The molecule has 232 valence electrons. The molecular formula is C31H62N2O6. The van der Waals surface area contributed by atoms with Gasteiger partial charge in [-0.1, -0.05) is 20.8 Å². The minimum atomic E-state index is -0.392. The molecule has 0 aromatic rings. The van der Waals surface area contributed by atoms with E-state index in [-0.39, 0.29) is 33.9 Å². The number of rotatable bonds is 22. The summed E-state index contributed by atoms with van der Waals surface area (Å²) in [5, 5.41) is 2.94. The van der Waals surface area contributed by atoms with Crippen LogP contribution in [0.25, 0.3) is 0 Å². The van der Waals surface area contributed by atoms with Gasteiger partial charge in [0.05, 0.1) is 42.2 Å². The average molecular weight is 559 g/mol. The SMILES string of the molecule is CC(C)(CCOC(C)(C)CCC(=O)NCCOC(C)(C)CCOC(C)(C)CCC(=O)C(C)(C)C)OCCCN. The van der Waals surface area contributed by atoms with E-state index in [0.717, 1.165) is 19.3 Å². The highest BCUT2D eigenvalue weighted by atomic mass is 16.5. The third-order valence-corrected chi connectivity index (χ3v) is 6.90. The number of hydrogen-bond donors (Lipinski definition) is 2. The lowest BCUT2D eigenvalue weighted by atomic mass is 9.86. The molecule has 0 aliphatic heterocycles. The van der Waals surface area contributed by atoms with Crippen LogP contribution < -0.4 is 11.1 Å². The lowest BCUT2D eigenvalue weighted by Crippen LogP contribution is -2.35. The van der Waals surface area contributed by atoms with Gasteiger partial charge in [-0.3, -0.25) is 9.59 Å². The molecule has 39 heavy (non-hydrogen) atoms. The van der Waals surface area contributed by atoms with Crippen LogP contribution >= 0.6 is 0 Å². The van der Waals surface area contributed by atoms with Crippen LogP contribution in [0.2, 0.25) is 0 Å². The van der Waals surface area contributed by atoms with Crippen LogP contribution in [0, 0.1) is 5.41 Å². The molecule has 0 rings (SSSR count). The Balaban J connectivity index is 4.16. The van der Waals surface area contributed by atoms with Gasteiger partial charge in [-0.2, -0.15) is 0 Å². The predicted molar refractivity (Wildman–Crippen MR) is 159 cm³/mol. The number of nitrogens with two attached hydrogens (primary N) is 1. The monoisotopic (exact) mass is 558 g/mol. The van der Waals surface area contributed by atoms with Crippen molar-refractivity contribution in [3.63, 3.8) is 0 Å². The Kier molecular flexibility index (Phi) is 16.6. The van der Waals surface area contributed by atoms with Gasteiger partial charge in [0.1, 0.15) is 5.78 Å². The summed E-state index contributed by atoms with van der Waals surface area (Å²) in [6.45, 7) is 25.4. The van der Waals surface area contributed by atoms with E-state index < -0.39 is 5.60 Å². The van der Waals surface area contributed by atoms with Gasteiger partial charge in [-0.15, -0.1) is 0 Å². The third kappa shape index (κ3) is 20.5. The molecule has 0 saturated carbocycles. The standard InChI is InChI=1S/C31H62N2O6/c1-27(2,3)25(34)13-15-28(4,5)37-23-18-31(10,11)39-24-20-33-26(35)14-16-29(6,7)38-22-17-30(8,9)36-21-12-19-32/h12-24,32H2,1-11H3,(H,33,35). The van der Waals surface area contributed by atoms with Crippen LogP contribution in [-0.4, -0.2) is 73.6 Å². The van der Waals surface area contributed by atoms with Crippen molar-refractivity contribution in [2.45, 2.75) is 144 Å². The zero-order chi connectivity index (χ0) is 30.4. The summed E-state index contributed by atoms with van der Waals surface area (Å²) in [5.41, 5.74) is 3.82. The second-order valence-corrected chi connectivity index (χ2v) is 14.1. The summed E-state index contributed by atoms with van der Waals surface area (Å²) in [7, 11) is 0. The second kappa shape index (κ2) is 17.0. The maximum atomic E-state index is 12.4. The first-order valence-corrected chi connectivity index (χ1v) is 14.8. The molecule has 0 heterocycles. The van der Waals surface area contributed by atoms with Crippen LogP contribution in [0.4, 0.5) is 0 Å². The van der Waals surface area contributed by atoms with E-state index in [1.54, 1.807) is 0 Å². The molecule has 0 bridgehead atoms. The number of amides is 1. The summed E-state index contributed by atoms with van der Waals surface area (Å²) in [6, 6.07) is 0. The lowest BCUT2D eigenvalue weighted by Gasteiger charge is -2.30. The molecule has 0 spiro atoms. The van der Waals surface area contributed by atoms with Gasteiger partial charge < -0.3 is 30.0 Å². The Hall–Kier alpha value is -1.06. The van der Waals surface area contributed by atoms with Gasteiger partial charge in [0, 0.05) is 31.4 Å². The normalized spacial score (nSPS) is 13.5. The molecular weight excluding hydrogens is 496 g/mol. The number of nitrogens with one attached hydrogen (secondary N) is 1. The van der Waals surface area contributed by atoms with E-state index in [9.17, 15) is 9.59 Å². The number of ketones is 1. The number of Topliss-reactive ketones (excluding diaryl/α,β-unsaturated/α-hetero) is 1. The second-order valence-electron chi connectivity index (χ2n) is 14.1. The van der Waals surface area contributed by atoms with Gasteiger partial charge in [-0.25, -0.2) is 0 Å². The first-order chi connectivity index (χ1) is 17.7. The summed E-state index contributed by atoms with van der Waals surface area (Å²) < 4.78 is 24.0. The van der Waals surface area contributed by atoms with Gasteiger partial charge in [0.25, 0.3) is 0 Å². The molecule has 0 aliphatic carbocycles. The highest BCUT2D eigenvalue weighted by Gasteiger charge is 2.27. The van der Waals surface area contributed by atoms with E-state index in [2.05, 4.69) is 19.2 Å². The van der Waals surface area contributed by atoms with Crippen molar-refractivity contribution < 1.29 is 28.5 Å². The van der Waals surface area contributed by atoms with Crippen LogP contribution in [0.1, 0.15) is 121 Å². The lowest BCUT2D eigenvalue weighted by molar-refractivity contribution is -0.128. The van der Waals surface area contributed by atoms with Gasteiger partial charge in [-0.05, 0) is 94.0 Å². The Morgan fingerprint density at radius 2 is 1.00 bits per heavy atom. The smallest absolute Gasteiger partial charge is 0.220 e. The largest absolute Gasteiger partial charge is 0.375 e. The van der Waals surface area contributed by atoms with E-state index >= 15 is 0 Å². The van der Waals surface area contributed by atoms with Crippen LogP contribution in [-0.2, 0) is 28.5 Å². The summed E-state index contributed by atoms with van der Waals surface area (Å²) in [6.07, 6.45) is 4.59. The minimum absolute atomic E-state index is 0.00610. The zero-order valence-corrected chi connectivity index (χ0v) is 27.2. The molecule has 8 heteroatoms. The number of carbonyl (C=O) groups excluding carboxylic acids is 2. The molecule has 0 unspecified atom stereocenters. The molecule has 0 aromatic carbocycles. The minimum Gasteiger partial charge on any atom is -0.375 e. The van der Waals surface area contributed by atoms with Crippen molar-refractivity contribution in [3.8, 4) is 0 Å². The van der Waals surface area contributed by atoms with Crippen molar-refractivity contribution in [3.05, 3.63) is 0 Å². The van der Waals surface area contributed by atoms with Crippen molar-refractivity contribution in [1.82, 2.24) is 5.32 Å². The number of carbonyl (C=O) groups is 2. The molecule has 0 saturated heterocycles. The van der Waals surface area contributed by atoms with E-state index in [0.29, 0.717) is 65.2 Å². The number of hydrogen-bond acceptors (Lipinski definition) is 7. The van der Waals surface area contributed by atoms with Gasteiger partial charge in [0.15, 0.2) is 0 Å². The van der Waals surface area contributed by atoms with Crippen LogP contribution in [0.5, 0.6) is 0 Å². The summed E-state index contributed by atoms with van der Waals surface area (Å²) in [4.78, 5) is 24.6. The molecule has 0 aliphatic rings. The predicted octanol–water partition coefficient (Wildman–Crippen LogP) is 5.59. The Labute approximate surface area is 239 Å². The first-order valence-electron chi connectivity index (χ1n) is 14.8. The molecule has 1 amide bonds. The Morgan fingerprint density at radius 3 is 1.46 bits per heavy atom. The molecule has 8 nitrogen and oxygen atoms in total. The molecule has 0 atom stereocenters. The fourth-order valence-electron chi connectivity index (χ4n) is 3.68. The zero-order valence-electron chi connectivity index (χ0n) is 27.2. The topological polar surface area (TPSA) is 109 Å². The van der Waals surface area contributed by atoms with Gasteiger partial charge in [0.2, 0.25) is 5.91 Å². The van der Waals surface area contributed by atoms with Crippen molar-refractivity contribution >= 4 is 11.7 Å². The average Bonchev–Trinajstić information content (AvgIpc) is 2.78. The Morgan fingerprint density at radius 1 is 0.590 bits per heavy atom. The summed E-state index contributed by atoms with van der Waals surface area (Å²) in [5.74, 6) is 0.248. The number of ether oxygens (including phenoxy) is 4. The van der Waals surface area contributed by atoms with Crippen LogP contribution in [0.15, 0.2) is 0 Å².